The summed E-state index contributed by atoms with van der Waals surface area (Å²) >= 11 is 15.2. The number of hydrogen-bond acceptors (Lipinski definition) is 3. The molecule has 6 heteroatoms. The van der Waals surface area contributed by atoms with Crippen molar-refractivity contribution < 1.29 is 0 Å². The fourth-order valence-corrected chi connectivity index (χ4v) is 2.07. The van der Waals surface area contributed by atoms with Crippen molar-refractivity contribution in [3.05, 3.63) is 45.0 Å². The molecule has 0 amide bonds. The number of nitrogen functional groups attached to an aromatic ring is 1. The minimum atomic E-state index is 0.339. The second-order valence-electron chi connectivity index (χ2n) is 3.33. The molecule has 0 unspecified atom stereocenters. The monoisotopic (exact) mass is 331 g/mol. The van der Waals surface area contributed by atoms with Crippen LogP contribution in [0.5, 0.6) is 0 Å². The first kappa shape index (κ1) is 12.5. The van der Waals surface area contributed by atoms with Crippen molar-refractivity contribution in [3.8, 4) is 0 Å². The molecule has 0 saturated carbocycles. The van der Waals surface area contributed by atoms with Gasteiger partial charge in [-0.05, 0) is 34.1 Å². The van der Waals surface area contributed by atoms with Gasteiger partial charge in [-0.15, -0.1) is 0 Å². The van der Waals surface area contributed by atoms with Crippen LogP contribution in [0.1, 0.15) is 0 Å². The predicted octanol–water partition coefficient (Wildman–Crippen LogP) is 4.48. The average Bonchev–Trinajstić information content (AvgIpc) is 2.23. The third-order valence-corrected chi connectivity index (χ3v) is 3.62. The van der Waals surface area contributed by atoms with Gasteiger partial charge in [0.2, 0.25) is 0 Å². The molecule has 1 aromatic heterocycles. The Labute approximate surface area is 117 Å². The van der Waals surface area contributed by atoms with E-state index in [0.29, 0.717) is 21.7 Å². The second kappa shape index (κ2) is 5.12. The van der Waals surface area contributed by atoms with Crippen molar-refractivity contribution in [3.63, 3.8) is 0 Å². The van der Waals surface area contributed by atoms with Crippen LogP contribution in [-0.4, -0.2) is 4.98 Å². The Morgan fingerprint density at radius 2 is 2.00 bits per heavy atom. The van der Waals surface area contributed by atoms with Crippen LogP contribution in [0.25, 0.3) is 0 Å². The fourth-order valence-electron chi connectivity index (χ4n) is 1.32. The summed E-state index contributed by atoms with van der Waals surface area (Å²) in [5.41, 5.74) is 7.02. The van der Waals surface area contributed by atoms with E-state index in [2.05, 4.69) is 26.2 Å². The van der Waals surface area contributed by atoms with Gasteiger partial charge in [0, 0.05) is 11.8 Å². The van der Waals surface area contributed by atoms with Crippen LogP contribution < -0.4 is 11.1 Å². The Kier molecular flexibility index (Phi) is 3.76. The van der Waals surface area contributed by atoms with Gasteiger partial charge in [-0.1, -0.05) is 29.3 Å². The number of nitrogens with two attached hydrogens (primary N) is 1. The van der Waals surface area contributed by atoms with E-state index >= 15 is 0 Å². The highest BCUT2D eigenvalue weighted by Gasteiger charge is 2.05. The van der Waals surface area contributed by atoms with Crippen molar-refractivity contribution in [2.45, 2.75) is 0 Å². The van der Waals surface area contributed by atoms with E-state index in [-0.39, 0.29) is 0 Å². The Balaban J connectivity index is 2.34. The van der Waals surface area contributed by atoms with Crippen LogP contribution in [0.2, 0.25) is 10.2 Å². The number of rotatable bonds is 2. The lowest BCUT2D eigenvalue weighted by atomic mass is 10.3. The summed E-state index contributed by atoms with van der Waals surface area (Å²) in [5.74, 6) is 0.568. The maximum absolute atomic E-state index is 5.98. The zero-order valence-electron chi connectivity index (χ0n) is 8.55. The number of hydrogen-bond donors (Lipinski definition) is 2. The largest absolute Gasteiger partial charge is 0.399 e. The molecule has 0 aliphatic rings. The Hall–Kier alpha value is -0.970. The summed E-state index contributed by atoms with van der Waals surface area (Å²) in [6, 6.07) is 8.77. The standard InChI is InChI=1S/C11H8BrCl2N3/c12-11-7(13)2-1-3-8(11)16-10-5-6(15)4-9(14)17-10/h1-5H,(H3,15,16,17). The van der Waals surface area contributed by atoms with Gasteiger partial charge in [-0.3, -0.25) is 0 Å². The van der Waals surface area contributed by atoms with Gasteiger partial charge in [0.25, 0.3) is 0 Å². The van der Waals surface area contributed by atoms with Crippen molar-refractivity contribution in [1.82, 2.24) is 4.98 Å². The van der Waals surface area contributed by atoms with Crippen LogP contribution in [-0.2, 0) is 0 Å². The van der Waals surface area contributed by atoms with E-state index in [1.54, 1.807) is 18.2 Å². The van der Waals surface area contributed by atoms with Crippen molar-refractivity contribution in [2.24, 2.45) is 0 Å². The molecule has 2 aromatic rings. The first-order valence-corrected chi connectivity index (χ1v) is 6.25. The second-order valence-corrected chi connectivity index (χ2v) is 4.92. The minimum absolute atomic E-state index is 0.339. The van der Waals surface area contributed by atoms with Crippen molar-refractivity contribution in [1.29, 1.82) is 0 Å². The maximum Gasteiger partial charge on any atom is 0.134 e. The van der Waals surface area contributed by atoms with Gasteiger partial charge in [0.05, 0.1) is 15.2 Å². The van der Waals surface area contributed by atoms with E-state index in [4.69, 9.17) is 28.9 Å². The quantitative estimate of drug-likeness (QED) is 0.797. The van der Waals surface area contributed by atoms with E-state index in [1.165, 1.54) is 0 Å². The molecule has 0 bridgehead atoms. The van der Waals surface area contributed by atoms with Crippen LogP contribution in [0.4, 0.5) is 17.2 Å². The van der Waals surface area contributed by atoms with Crippen LogP contribution in [0.15, 0.2) is 34.8 Å². The lowest BCUT2D eigenvalue weighted by molar-refractivity contribution is 1.31. The van der Waals surface area contributed by atoms with Gasteiger partial charge in [-0.2, -0.15) is 0 Å². The molecule has 2 rings (SSSR count). The van der Waals surface area contributed by atoms with Gasteiger partial charge in [0.1, 0.15) is 11.0 Å². The Bertz CT molecular complexity index is 540. The molecule has 1 aromatic carbocycles. The number of benzene rings is 1. The summed E-state index contributed by atoms with van der Waals surface area (Å²) < 4.78 is 0.766. The highest BCUT2D eigenvalue weighted by Crippen LogP contribution is 2.32. The van der Waals surface area contributed by atoms with Gasteiger partial charge in [0.15, 0.2) is 0 Å². The summed E-state index contributed by atoms with van der Waals surface area (Å²) in [6.07, 6.45) is 0. The molecule has 1 heterocycles. The average molecular weight is 333 g/mol. The molecule has 17 heavy (non-hydrogen) atoms. The van der Waals surface area contributed by atoms with E-state index in [1.807, 2.05) is 12.1 Å². The lowest BCUT2D eigenvalue weighted by Gasteiger charge is -2.09. The Morgan fingerprint density at radius 1 is 1.24 bits per heavy atom. The maximum atomic E-state index is 5.98. The van der Waals surface area contributed by atoms with Gasteiger partial charge >= 0.3 is 0 Å². The van der Waals surface area contributed by atoms with E-state index in [0.717, 1.165) is 10.2 Å². The summed E-state index contributed by atoms with van der Waals surface area (Å²) in [6.45, 7) is 0. The normalized spacial score (nSPS) is 10.3. The molecule has 3 N–H and O–H groups in total. The molecular formula is C11H8BrCl2N3. The highest BCUT2D eigenvalue weighted by molar-refractivity contribution is 9.10. The van der Waals surface area contributed by atoms with E-state index < -0.39 is 0 Å². The number of halogens is 3. The van der Waals surface area contributed by atoms with Gasteiger partial charge < -0.3 is 11.1 Å². The van der Waals surface area contributed by atoms with Gasteiger partial charge in [-0.25, -0.2) is 4.98 Å². The zero-order valence-corrected chi connectivity index (χ0v) is 11.6. The molecule has 0 spiro atoms. The molecule has 88 valence electrons. The topological polar surface area (TPSA) is 50.9 Å². The number of nitrogens with one attached hydrogen (secondary N) is 1. The Morgan fingerprint density at radius 3 is 2.71 bits per heavy atom. The van der Waals surface area contributed by atoms with E-state index in [9.17, 15) is 0 Å². The van der Waals surface area contributed by atoms with Crippen LogP contribution in [0, 0.1) is 0 Å². The predicted molar refractivity (Wildman–Crippen MR) is 76.1 cm³/mol. The van der Waals surface area contributed by atoms with Crippen molar-refractivity contribution in [2.75, 3.05) is 11.1 Å². The molecule has 0 aliphatic carbocycles. The molecule has 3 nitrogen and oxygen atoms in total. The third kappa shape index (κ3) is 3.03. The summed E-state index contributed by atoms with van der Waals surface area (Å²) in [7, 11) is 0. The van der Waals surface area contributed by atoms with Crippen molar-refractivity contribution >= 4 is 56.3 Å². The smallest absolute Gasteiger partial charge is 0.134 e. The first-order chi connectivity index (χ1) is 8.06. The minimum Gasteiger partial charge on any atom is -0.399 e. The molecule has 0 fully saturated rings. The molecule has 0 atom stereocenters. The molecule has 0 aliphatic heterocycles. The summed E-state index contributed by atoms with van der Waals surface area (Å²) in [5, 5.41) is 4.04. The third-order valence-electron chi connectivity index (χ3n) is 2.03. The number of aromatic nitrogens is 1. The highest BCUT2D eigenvalue weighted by atomic mass is 79.9. The SMILES string of the molecule is Nc1cc(Cl)nc(Nc2cccc(Cl)c2Br)c1. The molecule has 0 radical (unpaired) electrons. The summed E-state index contributed by atoms with van der Waals surface area (Å²) in [4.78, 5) is 4.11. The zero-order chi connectivity index (χ0) is 12.4. The molecular weight excluding hydrogens is 325 g/mol. The van der Waals surface area contributed by atoms with Crippen LogP contribution in [0.3, 0.4) is 0 Å². The first-order valence-electron chi connectivity index (χ1n) is 4.70. The fraction of sp³-hybridized carbons (Fsp3) is 0. The number of nitrogens with zero attached hydrogens (tertiary/aromatic N) is 1. The molecule has 0 saturated heterocycles. The lowest BCUT2D eigenvalue weighted by Crippen LogP contribution is -1.96. The number of pyridine rings is 1. The number of anilines is 3. The van der Waals surface area contributed by atoms with Crippen LogP contribution >= 0.6 is 39.1 Å².